The van der Waals surface area contributed by atoms with Crippen LogP contribution < -0.4 is 21.7 Å². The maximum absolute atomic E-state index is 13.4. The number of benzene rings is 2. The number of hydrogen-bond acceptors (Lipinski definition) is 5. The van der Waals surface area contributed by atoms with Gasteiger partial charge in [-0.15, -0.1) is 0 Å². The first kappa shape index (κ1) is 24.9. The smallest absolute Gasteiger partial charge is 0.319 e. The summed E-state index contributed by atoms with van der Waals surface area (Å²) in [5.74, 6) is -1.95. The van der Waals surface area contributed by atoms with Crippen molar-refractivity contribution >= 4 is 34.4 Å². The maximum Gasteiger partial charge on any atom is 0.319 e. The lowest BCUT2D eigenvalue weighted by Gasteiger charge is -2.31. The highest BCUT2D eigenvalue weighted by Gasteiger charge is 2.34. The standard InChI is InChI=1S/C25H26FN5O5/c26-15-4-3-5-16(11-15)29-25(36)31-19-8-13(10-21(32)22(19)33)24(35)30-20(23(27)34)9-14-12-28-18-7-2-1-6-17(14)18/h1-8,11-12,19-22,28,32-33H,9-10H2,(H2,27,34)(H,30,35)(H2,29,31,36). The van der Waals surface area contributed by atoms with Gasteiger partial charge in [-0.3, -0.25) is 9.59 Å². The van der Waals surface area contributed by atoms with Crippen molar-refractivity contribution in [3.05, 3.63) is 77.8 Å². The molecule has 4 unspecified atom stereocenters. The van der Waals surface area contributed by atoms with Gasteiger partial charge in [0.2, 0.25) is 11.8 Å². The molecule has 1 heterocycles. The second-order valence-electron chi connectivity index (χ2n) is 8.58. The van der Waals surface area contributed by atoms with Gasteiger partial charge < -0.3 is 36.9 Å². The quantitative estimate of drug-likeness (QED) is 0.260. The van der Waals surface area contributed by atoms with Gasteiger partial charge in [-0.05, 0) is 29.8 Å². The van der Waals surface area contributed by atoms with Crippen molar-refractivity contribution in [3.8, 4) is 0 Å². The second-order valence-corrected chi connectivity index (χ2v) is 8.58. The number of hydrogen-bond donors (Lipinski definition) is 7. The topological polar surface area (TPSA) is 170 Å². The van der Waals surface area contributed by atoms with Crippen molar-refractivity contribution < 1.29 is 29.0 Å². The summed E-state index contributed by atoms with van der Waals surface area (Å²) in [6, 6.07) is 9.77. The van der Waals surface area contributed by atoms with E-state index in [2.05, 4.69) is 20.9 Å². The average Bonchev–Trinajstić information content (AvgIpc) is 3.24. The third-order valence-electron chi connectivity index (χ3n) is 5.99. The molecule has 4 rings (SSSR count). The third kappa shape index (κ3) is 5.70. The zero-order chi connectivity index (χ0) is 25.8. The fourth-order valence-electron chi connectivity index (χ4n) is 4.14. The van der Waals surface area contributed by atoms with Crippen LogP contribution in [0.25, 0.3) is 10.9 Å². The molecule has 3 aromatic rings. The number of halogens is 1. The highest BCUT2D eigenvalue weighted by molar-refractivity contribution is 5.97. The van der Waals surface area contributed by atoms with Crippen LogP contribution in [0.2, 0.25) is 0 Å². The number of amides is 4. The van der Waals surface area contributed by atoms with Gasteiger partial charge in [0.25, 0.3) is 0 Å². The number of primary amides is 1. The zero-order valence-electron chi connectivity index (χ0n) is 19.1. The Morgan fingerprint density at radius 1 is 1.14 bits per heavy atom. The Balaban J connectivity index is 1.45. The molecule has 0 saturated carbocycles. The normalized spacial score (nSPS) is 20.3. The molecule has 4 atom stereocenters. The monoisotopic (exact) mass is 495 g/mol. The number of aromatic nitrogens is 1. The SMILES string of the molecule is NC(=O)C(Cc1c[nH]c2ccccc12)NC(=O)C1=CC(NC(=O)Nc2cccc(F)c2)C(O)C(O)C1. The number of fused-ring (bicyclic) bond motifs is 1. The van der Waals surface area contributed by atoms with E-state index in [9.17, 15) is 29.0 Å². The van der Waals surface area contributed by atoms with Crippen LogP contribution in [-0.4, -0.2) is 57.3 Å². The lowest BCUT2D eigenvalue weighted by atomic mass is 9.89. The summed E-state index contributed by atoms with van der Waals surface area (Å²) in [6.07, 6.45) is 0.246. The number of rotatable bonds is 7. The number of aromatic amines is 1. The van der Waals surface area contributed by atoms with Gasteiger partial charge in [-0.1, -0.05) is 30.3 Å². The molecule has 11 heteroatoms. The van der Waals surface area contributed by atoms with Crippen LogP contribution in [0.15, 0.2) is 66.4 Å². The lowest BCUT2D eigenvalue weighted by Crippen LogP contribution is -2.53. The molecule has 36 heavy (non-hydrogen) atoms. The minimum atomic E-state index is -1.39. The Morgan fingerprint density at radius 3 is 2.67 bits per heavy atom. The number of carbonyl (C=O) groups is 3. The average molecular weight is 496 g/mol. The first-order valence-electron chi connectivity index (χ1n) is 11.3. The summed E-state index contributed by atoms with van der Waals surface area (Å²) >= 11 is 0. The Bertz CT molecular complexity index is 1320. The number of aliphatic hydroxyl groups is 2. The highest BCUT2D eigenvalue weighted by atomic mass is 19.1. The van der Waals surface area contributed by atoms with Gasteiger partial charge in [-0.25, -0.2) is 9.18 Å². The van der Waals surface area contributed by atoms with Crippen LogP contribution in [0.1, 0.15) is 12.0 Å². The van der Waals surface area contributed by atoms with E-state index >= 15 is 0 Å². The molecule has 4 amide bonds. The Kier molecular flexibility index (Phi) is 7.32. The van der Waals surface area contributed by atoms with Crippen LogP contribution >= 0.6 is 0 Å². The van der Waals surface area contributed by atoms with Gasteiger partial charge in [-0.2, -0.15) is 0 Å². The number of aliphatic hydroxyl groups excluding tert-OH is 2. The van der Waals surface area contributed by atoms with E-state index in [1.165, 1.54) is 24.3 Å². The summed E-state index contributed by atoms with van der Waals surface area (Å²) in [6.45, 7) is 0. The van der Waals surface area contributed by atoms with E-state index in [0.29, 0.717) is 0 Å². The van der Waals surface area contributed by atoms with Crippen molar-refractivity contribution in [3.63, 3.8) is 0 Å². The van der Waals surface area contributed by atoms with E-state index < -0.39 is 48.0 Å². The number of carbonyl (C=O) groups excluding carboxylic acids is 3. The fourth-order valence-corrected chi connectivity index (χ4v) is 4.14. The summed E-state index contributed by atoms with van der Waals surface area (Å²) in [5.41, 5.74) is 7.45. The summed E-state index contributed by atoms with van der Waals surface area (Å²) in [7, 11) is 0. The molecule has 0 aliphatic heterocycles. The minimum absolute atomic E-state index is 0.0639. The van der Waals surface area contributed by atoms with Crippen molar-refractivity contribution in [1.29, 1.82) is 0 Å². The third-order valence-corrected chi connectivity index (χ3v) is 5.99. The van der Waals surface area contributed by atoms with Crippen LogP contribution in [-0.2, 0) is 16.0 Å². The van der Waals surface area contributed by atoms with Gasteiger partial charge >= 0.3 is 6.03 Å². The molecule has 1 aliphatic rings. The van der Waals surface area contributed by atoms with Gasteiger partial charge in [0.05, 0.1) is 12.1 Å². The molecule has 188 valence electrons. The molecule has 0 bridgehead atoms. The van der Waals surface area contributed by atoms with E-state index in [1.54, 1.807) is 6.20 Å². The summed E-state index contributed by atoms with van der Waals surface area (Å²) < 4.78 is 13.4. The number of para-hydroxylation sites is 1. The number of H-pyrrole nitrogens is 1. The first-order valence-corrected chi connectivity index (χ1v) is 11.3. The van der Waals surface area contributed by atoms with Crippen molar-refractivity contribution in [1.82, 2.24) is 15.6 Å². The zero-order valence-corrected chi connectivity index (χ0v) is 19.1. The molecule has 0 saturated heterocycles. The van der Waals surface area contributed by atoms with Gasteiger partial charge in [0.15, 0.2) is 0 Å². The van der Waals surface area contributed by atoms with Crippen molar-refractivity contribution in [2.24, 2.45) is 5.73 Å². The second kappa shape index (κ2) is 10.6. The van der Waals surface area contributed by atoms with Gasteiger partial charge in [0.1, 0.15) is 18.0 Å². The molecule has 10 nitrogen and oxygen atoms in total. The number of nitrogens with one attached hydrogen (secondary N) is 4. The summed E-state index contributed by atoms with van der Waals surface area (Å²) in [4.78, 5) is 40.5. The van der Waals surface area contributed by atoms with E-state index in [-0.39, 0.29) is 24.1 Å². The largest absolute Gasteiger partial charge is 0.390 e. The molecule has 2 aromatic carbocycles. The lowest BCUT2D eigenvalue weighted by molar-refractivity contribution is -0.125. The van der Waals surface area contributed by atoms with Gasteiger partial charge in [0, 0.05) is 41.2 Å². The van der Waals surface area contributed by atoms with E-state index in [1.807, 2.05) is 24.3 Å². The molecular formula is C25H26FN5O5. The first-order chi connectivity index (χ1) is 17.2. The van der Waals surface area contributed by atoms with Crippen LogP contribution in [0, 0.1) is 5.82 Å². The molecule has 0 radical (unpaired) electrons. The Hall–Kier alpha value is -4.22. The predicted octanol–water partition coefficient (Wildman–Crippen LogP) is 1.06. The Labute approximate surface area is 205 Å². The Morgan fingerprint density at radius 2 is 1.92 bits per heavy atom. The fraction of sp³-hybridized carbons (Fsp3) is 0.240. The minimum Gasteiger partial charge on any atom is -0.390 e. The number of anilines is 1. The van der Waals surface area contributed by atoms with Crippen LogP contribution in [0.3, 0.4) is 0 Å². The highest BCUT2D eigenvalue weighted by Crippen LogP contribution is 2.22. The van der Waals surface area contributed by atoms with E-state index in [4.69, 9.17) is 5.73 Å². The molecule has 1 aliphatic carbocycles. The van der Waals surface area contributed by atoms with E-state index in [0.717, 1.165) is 22.5 Å². The predicted molar refractivity (Wildman–Crippen MR) is 130 cm³/mol. The maximum atomic E-state index is 13.4. The van der Waals surface area contributed by atoms with Crippen molar-refractivity contribution in [2.45, 2.75) is 37.1 Å². The number of nitrogens with two attached hydrogens (primary N) is 1. The molecule has 1 aromatic heterocycles. The summed E-state index contributed by atoms with van der Waals surface area (Å²) in [5, 5.41) is 29.0. The molecule has 0 spiro atoms. The van der Waals surface area contributed by atoms with Crippen LogP contribution in [0.4, 0.5) is 14.9 Å². The molecular weight excluding hydrogens is 469 g/mol. The number of urea groups is 1. The van der Waals surface area contributed by atoms with Crippen LogP contribution in [0.5, 0.6) is 0 Å². The van der Waals surface area contributed by atoms with Crippen molar-refractivity contribution in [2.75, 3.05) is 5.32 Å². The molecule has 8 N–H and O–H groups in total. The molecule has 0 fully saturated rings.